The molecule has 0 saturated carbocycles. The van der Waals surface area contributed by atoms with Gasteiger partial charge in [0.25, 0.3) is 0 Å². The van der Waals surface area contributed by atoms with E-state index >= 15 is 0 Å². The third-order valence-electron chi connectivity index (χ3n) is 3.18. The van der Waals surface area contributed by atoms with E-state index in [9.17, 15) is 0 Å². The van der Waals surface area contributed by atoms with Gasteiger partial charge in [-0.25, -0.2) is 0 Å². The van der Waals surface area contributed by atoms with Crippen molar-refractivity contribution in [2.45, 2.75) is 19.3 Å². The molecule has 0 saturated heterocycles. The molecule has 0 unspecified atom stereocenters. The van der Waals surface area contributed by atoms with Gasteiger partial charge < -0.3 is 4.52 Å². The van der Waals surface area contributed by atoms with Gasteiger partial charge in [0.05, 0.1) is 6.07 Å². The number of nitriles is 1. The van der Waals surface area contributed by atoms with Crippen LogP contribution in [0.3, 0.4) is 0 Å². The topological polar surface area (TPSA) is 62.7 Å². The summed E-state index contributed by atoms with van der Waals surface area (Å²) in [6, 6.07) is 16.3. The lowest BCUT2D eigenvalue weighted by molar-refractivity contribution is 0.376. The Hall–Kier alpha value is -2.67. The molecule has 1 aromatic heterocycles. The monoisotopic (exact) mass is 263 g/mol. The molecule has 0 bridgehead atoms. The summed E-state index contributed by atoms with van der Waals surface area (Å²) in [5, 5.41) is 14.8. The fraction of sp³-hybridized carbons (Fsp3) is 0.188. The van der Waals surface area contributed by atoms with Crippen molar-refractivity contribution >= 4 is 10.8 Å². The summed E-state index contributed by atoms with van der Waals surface area (Å²) in [6.07, 6.45) is 1.89. The van der Waals surface area contributed by atoms with Gasteiger partial charge in [0.15, 0.2) is 0 Å². The van der Waals surface area contributed by atoms with Crippen molar-refractivity contribution in [1.82, 2.24) is 10.1 Å². The van der Waals surface area contributed by atoms with Gasteiger partial charge in [0.2, 0.25) is 11.7 Å². The molecule has 0 aliphatic carbocycles. The Bertz CT molecular complexity index is 765. The van der Waals surface area contributed by atoms with Gasteiger partial charge in [-0.15, -0.1) is 0 Å². The highest BCUT2D eigenvalue weighted by Gasteiger charge is 2.10. The van der Waals surface area contributed by atoms with E-state index < -0.39 is 0 Å². The number of hydrogen-bond donors (Lipinski definition) is 0. The highest BCUT2D eigenvalue weighted by molar-refractivity contribution is 5.94. The lowest BCUT2D eigenvalue weighted by Gasteiger charge is -2.01. The minimum Gasteiger partial charge on any atom is -0.339 e. The fourth-order valence-electron chi connectivity index (χ4n) is 2.20. The molecule has 0 amide bonds. The maximum Gasteiger partial charge on any atom is 0.226 e. The first-order valence-electron chi connectivity index (χ1n) is 6.56. The average molecular weight is 263 g/mol. The molecular formula is C16H13N3O. The lowest BCUT2D eigenvalue weighted by Crippen LogP contribution is -1.86. The van der Waals surface area contributed by atoms with Crippen molar-refractivity contribution in [3.05, 3.63) is 48.4 Å². The van der Waals surface area contributed by atoms with Crippen molar-refractivity contribution in [1.29, 1.82) is 5.26 Å². The van der Waals surface area contributed by atoms with Crippen LogP contribution in [0.1, 0.15) is 18.7 Å². The Morgan fingerprint density at radius 1 is 1.10 bits per heavy atom. The second-order valence-corrected chi connectivity index (χ2v) is 4.55. The number of fused-ring (bicyclic) bond motifs is 1. The van der Waals surface area contributed by atoms with Crippen LogP contribution in [0.15, 0.2) is 47.0 Å². The van der Waals surface area contributed by atoms with Crippen molar-refractivity contribution in [3.63, 3.8) is 0 Å². The van der Waals surface area contributed by atoms with E-state index in [-0.39, 0.29) is 0 Å². The highest BCUT2D eigenvalue weighted by atomic mass is 16.5. The zero-order valence-electron chi connectivity index (χ0n) is 10.9. The molecule has 3 rings (SSSR count). The molecule has 1 heterocycles. The van der Waals surface area contributed by atoms with E-state index in [2.05, 4.69) is 34.4 Å². The number of nitrogens with zero attached hydrogens (tertiary/aromatic N) is 3. The molecule has 20 heavy (non-hydrogen) atoms. The van der Waals surface area contributed by atoms with E-state index in [0.29, 0.717) is 24.6 Å². The predicted octanol–water partition coefficient (Wildman–Crippen LogP) is 3.74. The summed E-state index contributed by atoms with van der Waals surface area (Å²) in [7, 11) is 0. The fourth-order valence-corrected chi connectivity index (χ4v) is 2.20. The molecule has 0 radical (unpaired) electrons. The highest BCUT2D eigenvalue weighted by Crippen LogP contribution is 2.26. The zero-order valence-corrected chi connectivity index (χ0v) is 10.9. The predicted molar refractivity (Wildman–Crippen MR) is 75.8 cm³/mol. The standard InChI is InChI=1S/C16H13N3O/c17-11-4-3-10-15-18-16(19-20-15)14-9-5-7-12-6-1-2-8-13(12)14/h1-2,5-9H,3-4,10H2. The van der Waals surface area contributed by atoms with Crippen LogP contribution in [0.25, 0.3) is 22.2 Å². The van der Waals surface area contributed by atoms with E-state index in [1.54, 1.807) is 0 Å². The largest absolute Gasteiger partial charge is 0.339 e. The Morgan fingerprint density at radius 3 is 2.85 bits per heavy atom. The van der Waals surface area contributed by atoms with Crippen LogP contribution in [-0.2, 0) is 6.42 Å². The van der Waals surface area contributed by atoms with Crippen LogP contribution in [0.2, 0.25) is 0 Å². The molecule has 0 N–H and O–H groups in total. The van der Waals surface area contributed by atoms with Crippen LogP contribution >= 0.6 is 0 Å². The van der Waals surface area contributed by atoms with Crippen molar-refractivity contribution < 1.29 is 4.52 Å². The molecule has 3 aromatic rings. The van der Waals surface area contributed by atoms with Gasteiger partial charge >= 0.3 is 0 Å². The molecule has 98 valence electrons. The SMILES string of the molecule is N#CCCCc1nc(-c2cccc3ccccc23)no1. The Morgan fingerprint density at radius 2 is 1.95 bits per heavy atom. The summed E-state index contributed by atoms with van der Waals surface area (Å²) >= 11 is 0. The van der Waals surface area contributed by atoms with Crippen LogP contribution in [0.4, 0.5) is 0 Å². The molecule has 0 aliphatic heterocycles. The first-order valence-corrected chi connectivity index (χ1v) is 6.56. The Kier molecular flexibility index (Phi) is 3.42. The van der Waals surface area contributed by atoms with E-state index in [1.807, 2.05) is 24.3 Å². The van der Waals surface area contributed by atoms with Gasteiger partial charge in [0.1, 0.15) is 0 Å². The summed E-state index contributed by atoms with van der Waals surface area (Å²) in [5.41, 5.74) is 0.971. The molecule has 0 aliphatic rings. The minimum absolute atomic E-state index is 0.506. The van der Waals surface area contributed by atoms with Gasteiger partial charge in [-0.3, -0.25) is 0 Å². The molecule has 4 heteroatoms. The molecule has 4 nitrogen and oxygen atoms in total. The number of aryl methyl sites for hydroxylation is 1. The number of aromatic nitrogens is 2. The van der Waals surface area contributed by atoms with Crippen LogP contribution < -0.4 is 0 Å². The Labute approximate surface area is 116 Å². The maximum absolute atomic E-state index is 8.53. The lowest BCUT2D eigenvalue weighted by atomic mass is 10.0. The van der Waals surface area contributed by atoms with Gasteiger partial charge in [0, 0.05) is 18.4 Å². The third-order valence-corrected chi connectivity index (χ3v) is 3.18. The summed E-state index contributed by atoms with van der Waals surface area (Å²) < 4.78 is 5.24. The smallest absolute Gasteiger partial charge is 0.226 e. The van der Waals surface area contributed by atoms with E-state index in [1.165, 1.54) is 0 Å². The van der Waals surface area contributed by atoms with Crippen molar-refractivity contribution in [2.24, 2.45) is 0 Å². The number of hydrogen-bond acceptors (Lipinski definition) is 4. The second kappa shape index (κ2) is 5.54. The van der Waals surface area contributed by atoms with Gasteiger partial charge in [-0.2, -0.15) is 10.2 Å². The van der Waals surface area contributed by atoms with Gasteiger partial charge in [-0.1, -0.05) is 47.6 Å². The molecule has 2 aromatic carbocycles. The molecule has 0 spiro atoms. The quantitative estimate of drug-likeness (QED) is 0.673. The molecule has 0 fully saturated rings. The van der Waals surface area contributed by atoms with Crippen molar-refractivity contribution in [2.75, 3.05) is 0 Å². The molecular weight excluding hydrogens is 250 g/mol. The molecule has 0 atom stereocenters. The maximum atomic E-state index is 8.53. The summed E-state index contributed by atoms with van der Waals surface area (Å²) in [4.78, 5) is 4.42. The van der Waals surface area contributed by atoms with E-state index in [4.69, 9.17) is 9.78 Å². The second-order valence-electron chi connectivity index (χ2n) is 4.55. The minimum atomic E-state index is 0.506. The number of rotatable bonds is 4. The van der Waals surface area contributed by atoms with Crippen LogP contribution in [0, 0.1) is 11.3 Å². The Balaban J connectivity index is 1.94. The number of benzene rings is 2. The van der Waals surface area contributed by atoms with E-state index in [0.717, 1.165) is 22.8 Å². The zero-order chi connectivity index (χ0) is 13.8. The van der Waals surface area contributed by atoms with Crippen LogP contribution in [0.5, 0.6) is 0 Å². The first-order chi connectivity index (χ1) is 9.88. The third kappa shape index (κ3) is 2.39. The number of unbranched alkanes of at least 4 members (excludes halogenated alkanes) is 1. The normalized spacial score (nSPS) is 10.6. The van der Waals surface area contributed by atoms with Gasteiger partial charge in [-0.05, 0) is 17.2 Å². The van der Waals surface area contributed by atoms with Crippen molar-refractivity contribution in [3.8, 4) is 17.5 Å². The summed E-state index contributed by atoms with van der Waals surface area (Å²) in [5.74, 6) is 1.19. The average Bonchev–Trinajstić information content (AvgIpc) is 2.96. The summed E-state index contributed by atoms with van der Waals surface area (Å²) in [6.45, 7) is 0. The first kappa shape index (κ1) is 12.4. The van der Waals surface area contributed by atoms with Crippen LogP contribution in [-0.4, -0.2) is 10.1 Å².